The van der Waals surface area contributed by atoms with Crippen LogP contribution in [0.25, 0.3) is 15.2 Å². The minimum Gasteiger partial charge on any atom is -0.496 e. The molecule has 0 spiro atoms. The largest absolute Gasteiger partial charge is 0.496 e. The number of sulfonamides is 1. The number of methoxy groups -OCH3 is 1. The normalized spacial score (nSPS) is 22.3. The Bertz CT molecular complexity index is 2140. The first kappa shape index (κ1) is 33.6. The van der Waals surface area contributed by atoms with Crippen LogP contribution in [0.15, 0.2) is 46.2 Å². The van der Waals surface area contributed by atoms with Crippen LogP contribution < -0.4 is 20.7 Å². The van der Waals surface area contributed by atoms with Crippen molar-refractivity contribution < 1.29 is 28.8 Å². The molecule has 1 saturated carbocycles. The van der Waals surface area contributed by atoms with E-state index in [1.165, 1.54) is 46.9 Å². The zero-order valence-electron chi connectivity index (χ0n) is 28.0. The Balaban J connectivity index is 0.00000432. The van der Waals surface area contributed by atoms with E-state index >= 15 is 0 Å². The van der Waals surface area contributed by atoms with Crippen molar-refractivity contribution in [2.75, 3.05) is 7.11 Å². The topological polar surface area (TPSA) is 166 Å². The molecule has 3 aromatic heterocycles. The summed E-state index contributed by atoms with van der Waals surface area (Å²) in [6.45, 7) is 5.99. The van der Waals surface area contributed by atoms with Crippen molar-refractivity contribution in [1.29, 1.82) is 0 Å². The average Bonchev–Trinajstić information content (AvgIpc) is 3.35. The summed E-state index contributed by atoms with van der Waals surface area (Å²) in [4.78, 5) is 44.6. The summed E-state index contributed by atoms with van der Waals surface area (Å²) >= 11 is 1.17. The fraction of sp³-hybridized carbons (Fsp3) is 0.545. The number of hydrogen-bond donors (Lipinski definition) is 1. The van der Waals surface area contributed by atoms with Crippen LogP contribution in [0.1, 0.15) is 78.0 Å². The molecule has 49 heavy (non-hydrogen) atoms. The molecule has 0 radical (unpaired) electrons. The molecular formula is C33H42N6O8S2. The van der Waals surface area contributed by atoms with Crippen molar-refractivity contribution in [1.82, 2.24) is 28.9 Å². The van der Waals surface area contributed by atoms with Gasteiger partial charge in [0.05, 0.1) is 54.5 Å². The van der Waals surface area contributed by atoms with Crippen molar-refractivity contribution in [2.45, 2.75) is 107 Å². The molecule has 14 nitrogen and oxygen atoms in total. The molecule has 2 saturated heterocycles. The molecule has 1 unspecified atom stereocenters. The Morgan fingerprint density at radius 2 is 1.82 bits per heavy atom. The van der Waals surface area contributed by atoms with Gasteiger partial charge in [-0.25, -0.2) is 17.8 Å². The SMILES string of the molecule is COc1ccccc1[C@H](Cn1c(=O)n(C(C)(C)C(=O)NS(=O)(=O)C2(C)CC2)c(=O)c2c(C)c(-n3nccn3)sc21)OC1C[C@H]2CC[C@@H](C1)O2.[HH]. The van der Waals surface area contributed by atoms with Gasteiger partial charge in [0.2, 0.25) is 10.0 Å². The summed E-state index contributed by atoms with van der Waals surface area (Å²) in [5.41, 5.74) is -2.20. The smallest absolute Gasteiger partial charge is 0.333 e. The van der Waals surface area contributed by atoms with E-state index in [0.29, 0.717) is 52.4 Å². The Hall–Kier alpha value is -3.86. The highest BCUT2D eigenvalue weighted by atomic mass is 32.2. The Kier molecular flexibility index (Phi) is 8.36. The first-order valence-electron chi connectivity index (χ1n) is 16.4. The van der Waals surface area contributed by atoms with E-state index in [1.807, 2.05) is 24.3 Å². The summed E-state index contributed by atoms with van der Waals surface area (Å²) in [6, 6.07) is 7.42. The van der Waals surface area contributed by atoms with Crippen molar-refractivity contribution in [3.05, 3.63) is 68.6 Å². The molecular weight excluding hydrogens is 673 g/mol. The average molecular weight is 715 g/mol. The van der Waals surface area contributed by atoms with Crippen LogP contribution in [0.3, 0.4) is 0 Å². The number of thiophene rings is 1. The molecule has 2 aliphatic heterocycles. The molecule has 3 fully saturated rings. The van der Waals surface area contributed by atoms with Crippen molar-refractivity contribution in [2.24, 2.45) is 0 Å². The summed E-state index contributed by atoms with van der Waals surface area (Å²) in [5, 5.41) is 9.23. The highest BCUT2D eigenvalue weighted by Crippen LogP contribution is 2.43. The third kappa shape index (κ3) is 5.81. The zero-order valence-corrected chi connectivity index (χ0v) is 29.7. The number of nitrogens with zero attached hydrogens (tertiary/aromatic N) is 5. The molecule has 1 aromatic carbocycles. The van der Waals surface area contributed by atoms with Crippen molar-refractivity contribution in [3.8, 4) is 10.8 Å². The summed E-state index contributed by atoms with van der Waals surface area (Å²) in [7, 11) is -2.49. The van der Waals surface area contributed by atoms with Crippen molar-refractivity contribution in [3.63, 3.8) is 0 Å². The Labute approximate surface area is 288 Å². The number of rotatable bonds is 11. The Morgan fingerprint density at radius 1 is 1.16 bits per heavy atom. The lowest BCUT2D eigenvalue weighted by atomic mass is 10.0. The lowest BCUT2D eigenvalue weighted by molar-refractivity contribution is -0.126. The Morgan fingerprint density at radius 3 is 2.45 bits per heavy atom. The second-order valence-electron chi connectivity index (χ2n) is 13.9. The highest BCUT2D eigenvalue weighted by molar-refractivity contribution is 7.91. The van der Waals surface area contributed by atoms with E-state index in [4.69, 9.17) is 14.2 Å². The van der Waals surface area contributed by atoms with E-state index in [-0.39, 0.29) is 31.7 Å². The molecule has 264 valence electrons. The quantitative estimate of drug-likeness (QED) is 0.243. The molecule has 2 bridgehead atoms. The molecule has 1 aliphatic carbocycles. The lowest BCUT2D eigenvalue weighted by Crippen LogP contribution is -2.57. The van der Waals surface area contributed by atoms with Gasteiger partial charge in [-0.15, -0.1) is 4.80 Å². The third-order valence-electron chi connectivity index (χ3n) is 10.2. The number of fused-ring (bicyclic) bond motifs is 3. The standard InChI is InChI=1S/C33H40N6O8S2.H2/c1-19-26-27(40)38(32(2,3)30(41)36-49(43,44)33(4)12-13-33)31(42)37(29(26)48-28(19)39-34-14-15-35-39)18-25(23-8-6-7-9-24(23)45-5)47-22-16-20-10-11-21(17-22)46-20;/h6-9,14-15,20-22,25H,10-13,16-18H2,1-5H3,(H,36,41);1H/t20-,21+,22?,25-;/m0./s1. The number of ether oxygens (including phenoxy) is 3. The number of carbonyl (C=O) groups excluding carboxylic acids is 1. The van der Waals surface area contributed by atoms with Crippen LogP contribution in [0.4, 0.5) is 0 Å². The minimum atomic E-state index is -4.06. The highest BCUT2D eigenvalue weighted by Gasteiger charge is 2.52. The molecule has 16 heteroatoms. The maximum atomic E-state index is 14.7. The van der Waals surface area contributed by atoms with E-state index < -0.39 is 43.6 Å². The number of aromatic nitrogens is 5. The number of carbonyl (C=O) groups is 1. The van der Waals surface area contributed by atoms with Gasteiger partial charge in [0, 0.05) is 12.6 Å². The van der Waals surface area contributed by atoms with Crippen LogP contribution in [-0.4, -0.2) is 68.6 Å². The first-order valence-corrected chi connectivity index (χ1v) is 18.7. The number of nitrogens with one attached hydrogen (secondary N) is 1. The van der Waals surface area contributed by atoms with Gasteiger partial charge in [0.1, 0.15) is 27.2 Å². The second-order valence-corrected chi connectivity index (χ2v) is 17.1. The lowest BCUT2D eigenvalue weighted by Gasteiger charge is -2.33. The van der Waals surface area contributed by atoms with Gasteiger partial charge in [-0.05, 0) is 72.3 Å². The van der Waals surface area contributed by atoms with Crippen molar-refractivity contribution >= 4 is 37.5 Å². The maximum absolute atomic E-state index is 14.7. The molecule has 4 atom stereocenters. The number of hydrogen-bond acceptors (Lipinski definition) is 11. The predicted octanol–water partition coefficient (Wildman–Crippen LogP) is 3.57. The monoisotopic (exact) mass is 714 g/mol. The second kappa shape index (κ2) is 12.2. The van der Waals surface area contributed by atoms with Gasteiger partial charge in [0.25, 0.3) is 11.5 Å². The molecule has 1 amide bonds. The minimum absolute atomic E-state index is 0. The number of amides is 1. The van der Waals surface area contributed by atoms with E-state index in [2.05, 4.69) is 14.9 Å². The fourth-order valence-corrected chi connectivity index (χ4v) is 9.48. The van der Waals surface area contributed by atoms with Crippen LogP contribution in [0.5, 0.6) is 5.75 Å². The zero-order chi connectivity index (χ0) is 34.9. The van der Waals surface area contributed by atoms with Gasteiger partial charge < -0.3 is 14.2 Å². The summed E-state index contributed by atoms with van der Waals surface area (Å²) in [6.07, 6.45) is 6.56. The van der Waals surface area contributed by atoms with Gasteiger partial charge in [0.15, 0.2) is 0 Å². The van der Waals surface area contributed by atoms with E-state index in [1.54, 1.807) is 21.0 Å². The first-order chi connectivity index (χ1) is 23.2. The molecule has 5 heterocycles. The predicted molar refractivity (Wildman–Crippen MR) is 184 cm³/mol. The van der Waals surface area contributed by atoms with Crippen LogP contribution in [0, 0.1) is 6.92 Å². The molecule has 3 aliphatic rings. The van der Waals surface area contributed by atoms with Crippen LogP contribution in [-0.2, 0) is 36.4 Å². The fourth-order valence-electron chi connectivity index (χ4n) is 6.88. The van der Waals surface area contributed by atoms with Crippen LogP contribution in [0.2, 0.25) is 0 Å². The number of aryl methyl sites for hydroxylation is 1. The number of para-hydroxylation sites is 1. The molecule has 4 aromatic rings. The van der Waals surface area contributed by atoms with E-state index in [0.717, 1.165) is 17.4 Å². The summed E-state index contributed by atoms with van der Waals surface area (Å²) < 4.78 is 48.2. The van der Waals surface area contributed by atoms with Gasteiger partial charge in [-0.3, -0.25) is 18.9 Å². The summed E-state index contributed by atoms with van der Waals surface area (Å²) in [5.74, 6) is -0.412. The van der Waals surface area contributed by atoms with Gasteiger partial charge in [-0.2, -0.15) is 10.2 Å². The number of benzene rings is 1. The molecule has 1 N–H and O–H groups in total. The third-order valence-corrected chi connectivity index (χ3v) is 13.6. The van der Waals surface area contributed by atoms with Crippen LogP contribution >= 0.6 is 11.3 Å². The van der Waals surface area contributed by atoms with E-state index in [9.17, 15) is 22.8 Å². The van der Waals surface area contributed by atoms with Gasteiger partial charge in [-0.1, -0.05) is 29.5 Å². The molecule has 7 rings (SSSR count). The maximum Gasteiger partial charge on any atom is 0.333 e. The van der Waals surface area contributed by atoms with Gasteiger partial charge >= 0.3 is 5.69 Å².